The molecule has 1 fully saturated rings. The van der Waals surface area contributed by atoms with Crippen LogP contribution in [-0.2, 0) is 4.74 Å². The number of benzene rings is 1. The van der Waals surface area contributed by atoms with E-state index in [4.69, 9.17) is 4.74 Å². The Balaban J connectivity index is 1.60. The van der Waals surface area contributed by atoms with E-state index in [1.807, 2.05) is 58.9 Å². The first kappa shape index (κ1) is 20.9. The molecule has 0 spiro atoms. The van der Waals surface area contributed by atoms with Gasteiger partial charge in [0.1, 0.15) is 5.60 Å². The highest BCUT2D eigenvalue weighted by molar-refractivity contribution is 5.95. The van der Waals surface area contributed by atoms with Crippen LogP contribution in [0.5, 0.6) is 0 Å². The van der Waals surface area contributed by atoms with Crippen LogP contribution >= 0.6 is 0 Å². The standard InChI is InChI=1S/C22H30N4O3/c1-15-8-6-7-9-19(15)26-16(2)18(14-23-26)20(27)24-17-10-12-25(13-11-17)21(28)29-22(3,4)5/h6-9,14,17H,10-13H2,1-5H3,(H,24,27). The third kappa shape index (κ3) is 4.96. The Morgan fingerprint density at radius 1 is 1.14 bits per heavy atom. The quantitative estimate of drug-likeness (QED) is 0.857. The van der Waals surface area contributed by atoms with Gasteiger partial charge in [-0.1, -0.05) is 18.2 Å². The summed E-state index contributed by atoms with van der Waals surface area (Å²) in [4.78, 5) is 26.7. The lowest BCUT2D eigenvalue weighted by Gasteiger charge is -2.33. The number of hydrogen-bond acceptors (Lipinski definition) is 4. The van der Waals surface area contributed by atoms with Gasteiger partial charge in [0.2, 0.25) is 0 Å². The summed E-state index contributed by atoms with van der Waals surface area (Å²) in [5, 5.41) is 7.51. The minimum Gasteiger partial charge on any atom is -0.444 e. The number of hydrogen-bond donors (Lipinski definition) is 1. The van der Waals surface area contributed by atoms with Gasteiger partial charge in [0.25, 0.3) is 5.91 Å². The van der Waals surface area contributed by atoms with Crippen molar-refractivity contribution in [2.24, 2.45) is 0 Å². The number of piperidine rings is 1. The smallest absolute Gasteiger partial charge is 0.410 e. The summed E-state index contributed by atoms with van der Waals surface area (Å²) < 4.78 is 7.22. The maximum atomic E-state index is 12.8. The molecule has 3 rings (SSSR count). The van der Waals surface area contributed by atoms with Crippen LogP contribution in [0, 0.1) is 13.8 Å². The molecule has 0 atom stereocenters. The maximum Gasteiger partial charge on any atom is 0.410 e. The van der Waals surface area contributed by atoms with E-state index in [1.54, 1.807) is 15.8 Å². The van der Waals surface area contributed by atoms with Gasteiger partial charge in [0, 0.05) is 19.1 Å². The number of nitrogens with one attached hydrogen (secondary N) is 1. The molecular weight excluding hydrogens is 368 g/mol. The second-order valence-corrected chi connectivity index (χ2v) is 8.56. The molecule has 0 radical (unpaired) electrons. The van der Waals surface area contributed by atoms with Crippen molar-refractivity contribution >= 4 is 12.0 Å². The number of ether oxygens (including phenoxy) is 1. The summed E-state index contributed by atoms with van der Waals surface area (Å²) >= 11 is 0. The molecule has 0 bridgehead atoms. The van der Waals surface area contributed by atoms with Crippen molar-refractivity contribution in [1.29, 1.82) is 0 Å². The Labute approximate surface area is 172 Å². The first-order valence-electron chi connectivity index (χ1n) is 10.0. The van der Waals surface area contributed by atoms with Gasteiger partial charge in [-0.15, -0.1) is 0 Å². The predicted octanol–water partition coefficient (Wildman–Crippen LogP) is 3.62. The van der Waals surface area contributed by atoms with Crippen LogP contribution in [0.3, 0.4) is 0 Å². The molecule has 2 aromatic rings. The fraction of sp³-hybridized carbons (Fsp3) is 0.500. The minimum atomic E-state index is -0.503. The van der Waals surface area contributed by atoms with Gasteiger partial charge >= 0.3 is 6.09 Å². The molecule has 1 aromatic heterocycles. The molecule has 0 unspecified atom stereocenters. The average Bonchev–Trinajstić information content (AvgIpc) is 3.02. The molecule has 0 aliphatic carbocycles. The van der Waals surface area contributed by atoms with Crippen molar-refractivity contribution in [1.82, 2.24) is 20.0 Å². The summed E-state index contributed by atoms with van der Waals surface area (Å²) in [6.07, 6.45) is 2.73. The van der Waals surface area contributed by atoms with Gasteiger partial charge in [-0.3, -0.25) is 4.79 Å². The van der Waals surface area contributed by atoms with Crippen LogP contribution in [0.2, 0.25) is 0 Å². The molecule has 1 aromatic carbocycles. The molecular formula is C22H30N4O3. The summed E-state index contributed by atoms with van der Waals surface area (Å²) in [6.45, 7) is 10.6. The van der Waals surface area contributed by atoms with E-state index in [0.29, 0.717) is 31.5 Å². The van der Waals surface area contributed by atoms with Crippen LogP contribution in [0.4, 0.5) is 4.79 Å². The van der Waals surface area contributed by atoms with Crippen LogP contribution in [0.15, 0.2) is 30.5 Å². The van der Waals surface area contributed by atoms with Crippen molar-refractivity contribution in [2.45, 2.75) is 59.1 Å². The average molecular weight is 399 g/mol. The lowest BCUT2D eigenvalue weighted by molar-refractivity contribution is 0.0199. The molecule has 1 saturated heterocycles. The SMILES string of the molecule is Cc1ccccc1-n1ncc(C(=O)NC2CCN(C(=O)OC(C)(C)C)CC2)c1C. The highest BCUT2D eigenvalue weighted by Crippen LogP contribution is 2.19. The molecule has 2 heterocycles. The number of carbonyl (C=O) groups is 2. The van der Waals surface area contributed by atoms with Crippen molar-refractivity contribution in [2.75, 3.05) is 13.1 Å². The lowest BCUT2D eigenvalue weighted by atomic mass is 10.0. The summed E-state index contributed by atoms with van der Waals surface area (Å²) in [5.41, 5.74) is 2.94. The van der Waals surface area contributed by atoms with Crippen LogP contribution in [-0.4, -0.2) is 51.4 Å². The van der Waals surface area contributed by atoms with E-state index in [-0.39, 0.29) is 18.0 Å². The zero-order chi connectivity index (χ0) is 21.2. The van der Waals surface area contributed by atoms with Gasteiger partial charge in [-0.05, 0) is 59.1 Å². The van der Waals surface area contributed by atoms with Crippen LogP contribution < -0.4 is 5.32 Å². The first-order chi connectivity index (χ1) is 13.7. The van der Waals surface area contributed by atoms with Gasteiger partial charge < -0.3 is 15.0 Å². The number of aryl methyl sites for hydroxylation is 1. The Morgan fingerprint density at radius 3 is 2.41 bits per heavy atom. The Bertz CT molecular complexity index is 890. The van der Waals surface area contributed by atoms with Gasteiger partial charge in [-0.25, -0.2) is 9.48 Å². The molecule has 1 N–H and O–H groups in total. The zero-order valence-corrected chi connectivity index (χ0v) is 17.9. The number of para-hydroxylation sites is 1. The van der Waals surface area contributed by atoms with Crippen molar-refractivity contribution in [3.63, 3.8) is 0 Å². The monoisotopic (exact) mass is 398 g/mol. The molecule has 29 heavy (non-hydrogen) atoms. The zero-order valence-electron chi connectivity index (χ0n) is 17.9. The number of amides is 2. The second kappa shape index (κ2) is 8.27. The Kier molecular flexibility index (Phi) is 5.96. The van der Waals surface area contributed by atoms with Crippen LogP contribution in [0.25, 0.3) is 5.69 Å². The highest BCUT2D eigenvalue weighted by Gasteiger charge is 2.28. The van der Waals surface area contributed by atoms with Gasteiger partial charge in [-0.2, -0.15) is 5.10 Å². The number of nitrogens with zero attached hydrogens (tertiary/aromatic N) is 3. The number of carbonyl (C=O) groups excluding carboxylic acids is 2. The van der Waals surface area contributed by atoms with E-state index in [0.717, 1.165) is 16.9 Å². The fourth-order valence-corrected chi connectivity index (χ4v) is 3.47. The number of aromatic nitrogens is 2. The molecule has 156 valence electrons. The normalized spacial score (nSPS) is 15.3. The van der Waals surface area contributed by atoms with E-state index in [9.17, 15) is 9.59 Å². The Hall–Kier alpha value is -2.83. The van der Waals surface area contributed by atoms with E-state index in [1.165, 1.54) is 0 Å². The number of likely N-dealkylation sites (tertiary alicyclic amines) is 1. The molecule has 1 aliphatic heterocycles. The van der Waals surface area contributed by atoms with E-state index in [2.05, 4.69) is 10.4 Å². The predicted molar refractivity (Wildman–Crippen MR) is 111 cm³/mol. The molecule has 7 heteroatoms. The summed E-state index contributed by atoms with van der Waals surface area (Å²) in [6, 6.07) is 7.98. The second-order valence-electron chi connectivity index (χ2n) is 8.56. The van der Waals surface area contributed by atoms with Crippen molar-refractivity contribution < 1.29 is 14.3 Å². The van der Waals surface area contributed by atoms with Gasteiger partial charge in [0.15, 0.2) is 0 Å². The topological polar surface area (TPSA) is 76.5 Å². The molecule has 1 aliphatic rings. The first-order valence-corrected chi connectivity index (χ1v) is 10.0. The molecule has 0 saturated carbocycles. The summed E-state index contributed by atoms with van der Waals surface area (Å²) in [5.74, 6) is -0.127. The largest absolute Gasteiger partial charge is 0.444 e. The lowest BCUT2D eigenvalue weighted by Crippen LogP contribution is -2.47. The third-order valence-electron chi connectivity index (χ3n) is 5.08. The minimum absolute atomic E-state index is 0.0300. The maximum absolute atomic E-state index is 12.8. The third-order valence-corrected chi connectivity index (χ3v) is 5.08. The molecule has 2 amide bonds. The van der Waals surface area contributed by atoms with E-state index < -0.39 is 5.60 Å². The van der Waals surface area contributed by atoms with Crippen molar-refractivity contribution in [3.8, 4) is 5.69 Å². The summed E-state index contributed by atoms with van der Waals surface area (Å²) in [7, 11) is 0. The van der Waals surface area contributed by atoms with Crippen LogP contribution in [0.1, 0.15) is 55.2 Å². The number of rotatable bonds is 3. The highest BCUT2D eigenvalue weighted by atomic mass is 16.6. The van der Waals surface area contributed by atoms with E-state index >= 15 is 0 Å². The fourth-order valence-electron chi connectivity index (χ4n) is 3.47. The molecule has 7 nitrogen and oxygen atoms in total. The van der Waals surface area contributed by atoms with Gasteiger partial charge in [0.05, 0.1) is 23.1 Å². The van der Waals surface area contributed by atoms with Crippen molar-refractivity contribution in [3.05, 3.63) is 47.3 Å². The Morgan fingerprint density at radius 2 is 1.79 bits per heavy atom.